The molecule has 2 rings (SSSR count). The second-order valence-electron chi connectivity index (χ2n) is 5.17. The minimum atomic E-state index is -0.682. The maximum atomic E-state index is 12.2. The number of nitrogens with zero attached hydrogens (tertiary/aromatic N) is 1. The summed E-state index contributed by atoms with van der Waals surface area (Å²) in [6.07, 6.45) is 0.250. The van der Waals surface area contributed by atoms with E-state index in [1.165, 1.54) is 0 Å². The standard InChI is InChI=1S/C16H22N2O4/c1-3-8-18-9-10-22-14(16(18)20)11-15(19)17-12-4-6-13(21-2)7-5-12/h4-7,14H,3,8-11H2,1-2H3,(H,17,19). The SMILES string of the molecule is CCCN1CCOC(CC(=O)Nc2ccc(OC)cc2)C1=O. The van der Waals surface area contributed by atoms with Crippen LogP contribution >= 0.6 is 0 Å². The molecule has 0 aliphatic carbocycles. The number of rotatable bonds is 6. The lowest BCUT2D eigenvalue weighted by atomic mass is 10.1. The molecule has 1 fully saturated rings. The first kappa shape index (κ1) is 16.3. The molecule has 22 heavy (non-hydrogen) atoms. The van der Waals surface area contributed by atoms with Crippen LogP contribution in [-0.4, -0.2) is 49.6 Å². The average Bonchev–Trinajstić information content (AvgIpc) is 2.52. The number of carbonyl (C=O) groups excluding carboxylic acids is 2. The highest BCUT2D eigenvalue weighted by Crippen LogP contribution is 2.16. The third-order valence-corrected chi connectivity index (χ3v) is 3.51. The van der Waals surface area contributed by atoms with Crippen LogP contribution in [0.25, 0.3) is 0 Å². The maximum absolute atomic E-state index is 12.2. The molecular formula is C16H22N2O4. The first-order valence-corrected chi connectivity index (χ1v) is 7.48. The molecule has 1 aliphatic rings. The molecule has 120 valence electrons. The first-order valence-electron chi connectivity index (χ1n) is 7.48. The summed E-state index contributed by atoms with van der Waals surface area (Å²) < 4.78 is 10.5. The highest BCUT2D eigenvalue weighted by molar-refractivity contribution is 5.95. The molecule has 1 unspecified atom stereocenters. The smallest absolute Gasteiger partial charge is 0.252 e. The molecule has 0 radical (unpaired) electrons. The van der Waals surface area contributed by atoms with Crippen LogP contribution in [0.15, 0.2) is 24.3 Å². The summed E-state index contributed by atoms with van der Waals surface area (Å²) in [5, 5.41) is 2.76. The predicted molar refractivity (Wildman–Crippen MR) is 82.9 cm³/mol. The van der Waals surface area contributed by atoms with Crippen LogP contribution in [0.4, 0.5) is 5.69 Å². The summed E-state index contributed by atoms with van der Waals surface area (Å²) in [5.41, 5.74) is 0.666. The van der Waals surface area contributed by atoms with Crippen LogP contribution in [-0.2, 0) is 14.3 Å². The summed E-state index contributed by atoms with van der Waals surface area (Å²) in [5.74, 6) is 0.388. The van der Waals surface area contributed by atoms with E-state index in [1.807, 2.05) is 6.92 Å². The average molecular weight is 306 g/mol. The number of amides is 2. The highest BCUT2D eigenvalue weighted by Gasteiger charge is 2.30. The van der Waals surface area contributed by atoms with Gasteiger partial charge in [-0.1, -0.05) is 6.92 Å². The Morgan fingerprint density at radius 3 is 2.77 bits per heavy atom. The monoisotopic (exact) mass is 306 g/mol. The molecule has 1 aromatic carbocycles. The van der Waals surface area contributed by atoms with Crippen LogP contribution < -0.4 is 10.1 Å². The molecule has 6 nitrogen and oxygen atoms in total. The number of ether oxygens (including phenoxy) is 2. The Hall–Kier alpha value is -2.08. The van der Waals surface area contributed by atoms with Crippen molar-refractivity contribution in [3.63, 3.8) is 0 Å². The molecule has 1 aromatic rings. The van der Waals surface area contributed by atoms with Crippen molar-refractivity contribution < 1.29 is 19.1 Å². The third kappa shape index (κ3) is 4.21. The van der Waals surface area contributed by atoms with E-state index in [0.29, 0.717) is 25.4 Å². The lowest BCUT2D eigenvalue weighted by molar-refractivity contribution is -0.155. The number of benzene rings is 1. The molecular weight excluding hydrogens is 284 g/mol. The van der Waals surface area contributed by atoms with Crippen LogP contribution in [0.5, 0.6) is 5.75 Å². The van der Waals surface area contributed by atoms with Crippen molar-refractivity contribution in [3.05, 3.63) is 24.3 Å². The van der Waals surface area contributed by atoms with E-state index in [9.17, 15) is 9.59 Å². The molecule has 0 saturated carbocycles. The van der Waals surface area contributed by atoms with E-state index >= 15 is 0 Å². The zero-order valence-corrected chi connectivity index (χ0v) is 13.0. The van der Waals surface area contributed by atoms with Gasteiger partial charge in [-0.25, -0.2) is 0 Å². The molecule has 1 aliphatic heterocycles. The van der Waals surface area contributed by atoms with E-state index in [4.69, 9.17) is 9.47 Å². The Bertz CT molecular complexity index is 513. The highest BCUT2D eigenvalue weighted by atomic mass is 16.5. The Labute approximate surface area is 130 Å². The second kappa shape index (κ2) is 7.79. The number of morpholine rings is 1. The summed E-state index contributed by atoms with van der Waals surface area (Å²) in [4.78, 5) is 26.0. The van der Waals surface area contributed by atoms with Gasteiger partial charge >= 0.3 is 0 Å². The van der Waals surface area contributed by atoms with E-state index in [0.717, 1.165) is 12.2 Å². The van der Waals surface area contributed by atoms with Gasteiger partial charge in [-0.15, -0.1) is 0 Å². The van der Waals surface area contributed by atoms with Crippen molar-refractivity contribution in [1.29, 1.82) is 0 Å². The number of anilines is 1. The lowest BCUT2D eigenvalue weighted by Crippen LogP contribution is -2.49. The van der Waals surface area contributed by atoms with Gasteiger partial charge in [0.2, 0.25) is 5.91 Å². The predicted octanol–water partition coefficient (Wildman–Crippen LogP) is 1.66. The molecule has 0 aromatic heterocycles. The van der Waals surface area contributed by atoms with Gasteiger partial charge in [0.15, 0.2) is 0 Å². The van der Waals surface area contributed by atoms with Crippen molar-refractivity contribution >= 4 is 17.5 Å². The van der Waals surface area contributed by atoms with Crippen molar-refractivity contribution in [2.75, 3.05) is 32.1 Å². The van der Waals surface area contributed by atoms with E-state index in [-0.39, 0.29) is 18.2 Å². The van der Waals surface area contributed by atoms with E-state index in [2.05, 4.69) is 5.32 Å². The molecule has 1 heterocycles. The molecule has 6 heteroatoms. The number of carbonyl (C=O) groups is 2. The molecule has 2 amide bonds. The van der Waals surface area contributed by atoms with Crippen molar-refractivity contribution in [2.45, 2.75) is 25.9 Å². The Kier molecular flexibility index (Phi) is 5.77. The molecule has 1 saturated heterocycles. The number of nitrogens with one attached hydrogen (secondary N) is 1. The zero-order valence-electron chi connectivity index (χ0n) is 13.0. The zero-order chi connectivity index (χ0) is 15.9. The first-order chi connectivity index (χ1) is 10.6. The summed E-state index contributed by atoms with van der Waals surface area (Å²) >= 11 is 0. The minimum absolute atomic E-state index is 0.0328. The van der Waals surface area contributed by atoms with Crippen LogP contribution in [0.3, 0.4) is 0 Å². The largest absolute Gasteiger partial charge is 0.497 e. The van der Waals surface area contributed by atoms with Crippen LogP contribution in [0.2, 0.25) is 0 Å². The normalized spacial score (nSPS) is 18.2. The summed E-state index contributed by atoms with van der Waals surface area (Å²) in [7, 11) is 1.58. The summed E-state index contributed by atoms with van der Waals surface area (Å²) in [6, 6.07) is 7.04. The van der Waals surface area contributed by atoms with E-state index < -0.39 is 6.10 Å². The van der Waals surface area contributed by atoms with Gasteiger partial charge in [0.25, 0.3) is 5.91 Å². The quantitative estimate of drug-likeness (QED) is 0.868. The minimum Gasteiger partial charge on any atom is -0.497 e. The van der Waals surface area contributed by atoms with Crippen LogP contribution in [0.1, 0.15) is 19.8 Å². The number of hydrogen-bond acceptors (Lipinski definition) is 4. The molecule has 0 bridgehead atoms. The van der Waals surface area contributed by atoms with Crippen molar-refractivity contribution in [1.82, 2.24) is 4.90 Å². The molecule has 0 spiro atoms. The third-order valence-electron chi connectivity index (χ3n) is 3.51. The van der Waals surface area contributed by atoms with Gasteiger partial charge in [0, 0.05) is 18.8 Å². The Morgan fingerprint density at radius 1 is 1.41 bits per heavy atom. The second-order valence-corrected chi connectivity index (χ2v) is 5.17. The van der Waals surface area contributed by atoms with Gasteiger partial charge in [-0.05, 0) is 30.7 Å². The Balaban J connectivity index is 1.89. The molecule has 1 atom stereocenters. The van der Waals surface area contributed by atoms with Crippen molar-refractivity contribution in [2.24, 2.45) is 0 Å². The van der Waals surface area contributed by atoms with Gasteiger partial charge in [-0.2, -0.15) is 0 Å². The maximum Gasteiger partial charge on any atom is 0.252 e. The number of methoxy groups -OCH3 is 1. The number of hydrogen-bond donors (Lipinski definition) is 1. The van der Waals surface area contributed by atoms with Gasteiger partial charge in [0.05, 0.1) is 20.1 Å². The van der Waals surface area contributed by atoms with Crippen LogP contribution in [0, 0.1) is 0 Å². The fraction of sp³-hybridized carbons (Fsp3) is 0.500. The Morgan fingerprint density at radius 2 is 2.14 bits per heavy atom. The van der Waals surface area contributed by atoms with E-state index in [1.54, 1.807) is 36.3 Å². The van der Waals surface area contributed by atoms with Crippen molar-refractivity contribution in [3.8, 4) is 5.75 Å². The van der Waals surface area contributed by atoms with Gasteiger partial charge < -0.3 is 19.7 Å². The molecule has 1 N–H and O–H groups in total. The lowest BCUT2D eigenvalue weighted by Gasteiger charge is -2.32. The summed E-state index contributed by atoms with van der Waals surface area (Å²) in [6.45, 7) is 3.81. The van der Waals surface area contributed by atoms with Gasteiger partial charge in [-0.3, -0.25) is 9.59 Å². The fourth-order valence-electron chi connectivity index (χ4n) is 2.38. The van der Waals surface area contributed by atoms with Gasteiger partial charge in [0.1, 0.15) is 11.9 Å². The fourth-order valence-corrected chi connectivity index (χ4v) is 2.38. The topological polar surface area (TPSA) is 67.9 Å².